The highest BCUT2D eigenvalue weighted by Crippen LogP contribution is 2.01. The summed E-state index contributed by atoms with van der Waals surface area (Å²) in [6, 6.07) is 0. The van der Waals surface area contributed by atoms with E-state index in [-0.39, 0.29) is 5.91 Å². The summed E-state index contributed by atoms with van der Waals surface area (Å²) in [6.45, 7) is 4.12. The summed E-state index contributed by atoms with van der Waals surface area (Å²) in [5.74, 6) is 0.480. The van der Waals surface area contributed by atoms with Crippen molar-refractivity contribution in [1.82, 2.24) is 15.3 Å². The molecular weight excluding hydrogens is 232 g/mol. The van der Waals surface area contributed by atoms with E-state index < -0.39 is 0 Å². The van der Waals surface area contributed by atoms with Crippen molar-refractivity contribution < 1.29 is 9.53 Å². The molecule has 0 fully saturated rings. The molecule has 0 saturated carbocycles. The highest BCUT2D eigenvalue weighted by Gasteiger charge is 2.06. The van der Waals surface area contributed by atoms with Gasteiger partial charge in [0.25, 0.3) is 5.91 Å². The smallest absolute Gasteiger partial charge is 0.271 e. The molecule has 6 nitrogen and oxygen atoms in total. The zero-order valence-corrected chi connectivity index (χ0v) is 10.9. The van der Waals surface area contributed by atoms with Crippen molar-refractivity contribution in [3.8, 4) is 0 Å². The number of hydrogen-bond donors (Lipinski definition) is 2. The molecule has 1 rings (SSSR count). The largest absolute Gasteiger partial charge is 0.385 e. The Morgan fingerprint density at radius 3 is 2.78 bits per heavy atom. The molecular formula is C12H20N4O2. The van der Waals surface area contributed by atoms with Crippen molar-refractivity contribution >= 4 is 11.7 Å². The van der Waals surface area contributed by atoms with Gasteiger partial charge in [0.05, 0.1) is 12.4 Å². The van der Waals surface area contributed by atoms with Gasteiger partial charge in [-0.1, -0.05) is 6.92 Å². The van der Waals surface area contributed by atoms with E-state index in [1.54, 1.807) is 13.3 Å². The molecule has 1 aromatic heterocycles. The number of amides is 1. The van der Waals surface area contributed by atoms with Crippen molar-refractivity contribution in [3.63, 3.8) is 0 Å². The maximum Gasteiger partial charge on any atom is 0.271 e. The lowest BCUT2D eigenvalue weighted by Crippen LogP contribution is -2.25. The van der Waals surface area contributed by atoms with Crippen LogP contribution < -0.4 is 10.6 Å². The lowest BCUT2D eigenvalue weighted by atomic mass is 10.4. The van der Waals surface area contributed by atoms with Crippen LogP contribution in [0.15, 0.2) is 12.4 Å². The summed E-state index contributed by atoms with van der Waals surface area (Å²) in [5, 5.41) is 5.85. The monoisotopic (exact) mass is 252 g/mol. The Bertz CT molecular complexity index is 354. The summed E-state index contributed by atoms with van der Waals surface area (Å²) in [6.07, 6.45) is 4.84. The van der Waals surface area contributed by atoms with Crippen LogP contribution in [0.25, 0.3) is 0 Å². The van der Waals surface area contributed by atoms with Crippen LogP contribution in [-0.4, -0.2) is 42.7 Å². The quantitative estimate of drug-likeness (QED) is 0.677. The van der Waals surface area contributed by atoms with Crippen LogP contribution in [0, 0.1) is 0 Å². The Hall–Kier alpha value is -1.69. The molecule has 0 saturated heterocycles. The van der Waals surface area contributed by atoms with Gasteiger partial charge in [-0.25, -0.2) is 9.97 Å². The highest BCUT2D eigenvalue weighted by molar-refractivity contribution is 5.91. The number of hydrogen-bond acceptors (Lipinski definition) is 5. The van der Waals surface area contributed by atoms with E-state index >= 15 is 0 Å². The lowest BCUT2D eigenvalue weighted by Gasteiger charge is -2.06. The molecule has 0 atom stereocenters. The molecule has 0 unspecified atom stereocenters. The minimum Gasteiger partial charge on any atom is -0.385 e. The minimum atomic E-state index is -0.185. The molecule has 1 amide bonds. The average Bonchev–Trinajstić information content (AvgIpc) is 2.41. The summed E-state index contributed by atoms with van der Waals surface area (Å²) in [5.41, 5.74) is 0.339. The van der Waals surface area contributed by atoms with Crippen LogP contribution in [-0.2, 0) is 4.74 Å². The molecule has 0 bridgehead atoms. The maximum atomic E-state index is 11.6. The van der Waals surface area contributed by atoms with E-state index in [1.807, 2.05) is 6.92 Å². The van der Waals surface area contributed by atoms with Gasteiger partial charge >= 0.3 is 0 Å². The Kier molecular flexibility index (Phi) is 6.71. The fourth-order valence-electron chi connectivity index (χ4n) is 1.30. The number of carbonyl (C=O) groups is 1. The van der Waals surface area contributed by atoms with Crippen LogP contribution in [0.4, 0.5) is 5.82 Å². The van der Waals surface area contributed by atoms with Crippen molar-refractivity contribution in [3.05, 3.63) is 18.1 Å². The van der Waals surface area contributed by atoms with Gasteiger partial charge in [0.1, 0.15) is 11.5 Å². The second-order valence-corrected chi connectivity index (χ2v) is 3.82. The molecule has 1 heterocycles. The first-order valence-electron chi connectivity index (χ1n) is 6.11. The molecule has 0 spiro atoms. The van der Waals surface area contributed by atoms with Gasteiger partial charge in [0.15, 0.2) is 0 Å². The minimum absolute atomic E-state index is 0.185. The first kappa shape index (κ1) is 14.4. The molecule has 6 heteroatoms. The number of aromatic nitrogens is 2. The average molecular weight is 252 g/mol. The Morgan fingerprint density at radius 1 is 1.33 bits per heavy atom. The number of rotatable bonds is 8. The van der Waals surface area contributed by atoms with E-state index in [1.165, 1.54) is 6.20 Å². The number of carbonyl (C=O) groups excluding carboxylic acids is 1. The summed E-state index contributed by atoms with van der Waals surface area (Å²) in [4.78, 5) is 19.8. The van der Waals surface area contributed by atoms with E-state index in [4.69, 9.17) is 4.74 Å². The molecule has 100 valence electrons. The summed E-state index contributed by atoms with van der Waals surface area (Å²) < 4.78 is 4.94. The van der Waals surface area contributed by atoms with Gasteiger partial charge in [0, 0.05) is 26.8 Å². The number of ether oxygens (including phenoxy) is 1. The normalized spacial score (nSPS) is 10.1. The van der Waals surface area contributed by atoms with Crippen LogP contribution in [0.3, 0.4) is 0 Å². The molecule has 0 aliphatic carbocycles. The molecule has 0 aromatic carbocycles. The Labute approximate surface area is 107 Å². The van der Waals surface area contributed by atoms with Crippen molar-refractivity contribution in [2.45, 2.75) is 19.8 Å². The first-order valence-corrected chi connectivity index (χ1v) is 6.11. The van der Waals surface area contributed by atoms with E-state index in [0.29, 0.717) is 24.7 Å². The van der Waals surface area contributed by atoms with E-state index in [9.17, 15) is 4.79 Å². The van der Waals surface area contributed by atoms with Gasteiger partial charge in [0.2, 0.25) is 0 Å². The topological polar surface area (TPSA) is 76.1 Å². The maximum absolute atomic E-state index is 11.6. The number of anilines is 1. The zero-order valence-electron chi connectivity index (χ0n) is 10.9. The zero-order chi connectivity index (χ0) is 13.2. The highest BCUT2D eigenvalue weighted by atomic mass is 16.5. The Balaban J connectivity index is 2.39. The third-order valence-electron chi connectivity index (χ3n) is 2.25. The number of methoxy groups -OCH3 is 1. The fraction of sp³-hybridized carbons (Fsp3) is 0.583. The number of nitrogens with zero attached hydrogens (tertiary/aromatic N) is 2. The predicted octanol–water partition coefficient (Wildman–Crippen LogP) is 1.06. The van der Waals surface area contributed by atoms with Gasteiger partial charge in [-0.2, -0.15) is 0 Å². The van der Waals surface area contributed by atoms with Crippen LogP contribution >= 0.6 is 0 Å². The molecule has 2 N–H and O–H groups in total. The van der Waals surface area contributed by atoms with Crippen molar-refractivity contribution in [2.24, 2.45) is 0 Å². The molecule has 0 aliphatic rings. The predicted molar refractivity (Wildman–Crippen MR) is 69.6 cm³/mol. The van der Waals surface area contributed by atoms with E-state index in [0.717, 1.165) is 19.4 Å². The van der Waals surface area contributed by atoms with Gasteiger partial charge in [-0.05, 0) is 12.8 Å². The van der Waals surface area contributed by atoms with Crippen molar-refractivity contribution in [1.29, 1.82) is 0 Å². The third kappa shape index (κ3) is 5.09. The second kappa shape index (κ2) is 8.41. The Morgan fingerprint density at radius 2 is 2.17 bits per heavy atom. The van der Waals surface area contributed by atoms with Crippen LogP contribution in [0.1, 0.15) is 30.3 Å². The van der Waals surface area contributed by atoms with Crippen LogP contribution in [0.2, 0.25) is 0 Å². The summed E-state index contributed by atoms with van der Waals surface area (Å²) in [7, 11) is 1.67. The molecule has 0 radical (unpaired) electrons. The molecule has 18 heavy (non-hydrogen) atoms. The first-order chi connectivity index (χ1) is 8.77. The standard InChI is InChI=1S/C12H20N4O2/c1-3-5-14-12(17)10-8-16-11(9-15-10)13-6-4-7-18-2/h8-9H,3-7H2,1-2H3,(H,13,16)(H,14,17). The molecule has 0 aliphatic heterocycles. The number of nitrogens with one attached hydrogen (secondary N) is 2. The van der Waals surface area contributed by atoms with Crippen LogP contribution in [0.5, 0.6) is 0 Å². The van der Waals surface area contributed by atoms with Crippen molar-refractivity contribution in [2.75, 3.05) is 32.1 Å². The van der Waals surface area contributed by atoms with Gasteiger partial charge < -0.3 is 15.4 Å². The lowest BCUT2D eigenvalue weighted by molar-refractivity contribution is 0.0948. The fourth-order valence-corrected chi connectivity index (χ4v) is 1.30. The second-order valence-electron chi connectivity index (χ2n) is 3.82. The third-order valence-corrected chi connectivity index (χ3v) is 2.25. The van der Waals surface area contributed by atoms with E-state index in [2.05, 4.69) is 20.6 Å². The SMILES string of the molecule is CCCNC(=O)c1cnc(NCCCOC)cn1. The summed E-state index contributed by atoms with van der Waals surface area (Å²) >= 11 is 0. The molecule has 1 aromatic rings. The van der Waals surface area contributed by atoms with Gasteiger partial charge in [-0.3, -0.25) is 4.79 Å². The van der Waals surface area contributed by atoms with Gasteiger partial charge in [-0.15, -0.1) is 0 Å².